The van der Waals surface area contributed by atoms with Crippen LogP contribution in [0, 0.1) is 19.7 Å². The lowest BCUT2D eigenvalue weighted by atomic mass is 10.2. The number of sulfonamides is 1. The summed E-state index contributed by atoms with van der Waals surface area (Å²) < 4.78 is 40.2. The van der Waals surface area contributed by atoms with Gasteiger partial charge in [-0.3, -0.25) is 4.72 Å². The Bertz CT molecular complexity index is 760. The number of nitrogens with one attached hydrogen (secondary N) is 1. The maximum atomic E-state index is 13.2. The molecule has 0 aliphatic heterocycles. The molecule has 6 heteroatoms. The Hall–Kier alpha value is -1.59. The fourth-order valence-electron chi connectivity index (χ4n) is 1.69. The average molecular weight is 314 g/mol. The molecule has 0 saturated heterocycles. The van der Waals surface area contributed by atoms with E-state index in [1.165, 1.54) is 25.1 Å². The number of halogens is 2. The van der Waals surface area contributed by atoms with Crippen LogP contribution in [0.2, 0.25) is 5.02 Å². The van der Waals surface area contributed by atoms with Crippen LogP contribution in [-0.4, -0.2) is 8.42 Å². The van der Waals surface area contributed by atoms with Crippen LogP contribution in [0.15, 0.2) is 41.3 Å². The standard InChI is InChI=1S/C14H13ClFNO2S/c1-9-3-4-11(15)8-14(9)17-20(18,19)12-5-6-13(16)10(2)7-12/h3-8,17H,1-2H3. The lowest BCUT2D eigenvalue weighted by Crippen LogP contribution is -2.14. The highest BCUT2D eigenvalue weighted by Crippen LogP contribution is 2.24. The van der Waals surface area contributed by atoms with Gasteiger partial charge in [0.25, 0.3) is 10.0 Å². The normalized spacial score (nSPS) is 11.4. The van der Waals surface area contributed by atoms with Gasteiger partial charge in [0, 0.05) is 5.02 Å². The summed E-state index contributed by atoms with van der Waals surface area (Å²) in [7, 11) is -3.77. The minimum Gasteiger partial charge on any atom is -0.279 e. The van der Waals surface area contributed by atoms with Crippen molar-refractivity contribution in [3.05, 3.63) is 58.4 Å². The Morgan fingerprint density at radius 1 is 1.05 bits per heavy atom. The van der Waals surface area contributed by atoms with Gasteiger partial charge in [0.05, 0.1) is 10.6 Å². The molecule has 1 N–H and O–H groups in total. The van der Waals surface area contributed by atoms with Crippen molar-refractivity contribution in [2.45, 2.75) is 18.7 Å². The van der Waals surface area contributed by atoms with E-state index in [9.17, 15) is 12.8 Å². The van der Waals surface area contributed by atoms with Gasteiger partial charge >= 0.3 is 0 Å². The quantitative estimate of drug-likeness (QED) is 0.934. The molecular weight excluding hydrogens is 301 g/mol. The maximum absolute atomic E-state index is 13.2. The zero-order valence-electron chi connectivity index (χ0n) is 10.9. The Labute approximate surface area is 122 Å². The summed E-state index contributed by atoms with van der Waals surface area (Å²) in [6.07, 6.45) is 0. The van der Waals surface area contributed by atoms with Crippen molar-refractivity contribution in [1.82, 2.24) is 0 Å². The van der Waals surface area contributed by atoms with Crippen molar-refractivity contribution >= 4 is 27.3 Å². The first kappa shape index (κ1) is 14.8. The van der Waals surface area contributed by atoms with Crippen molar-refractivity contribution in [1.29, 1.82) is 0 Å². The van der Waals surface area contributed by atoms with E-state index in [1.54, 1.807) is 19.1 Å². The number of hydrogen-bond acceptors (Lipinski definition) is 2. The van der Waals surface area contributed by atoms with Crippen LogP contribution in [0.25, 0.3) is 0 Å². The van der Waals surface area contributed by atoms with Gasteiger partial charge < -0.3 is 0 Å². The van der Waals surface area contributed by atoms with Crippen molar-refractivity contribution < 1.29 is 12.8 Å². The molecule has 2 rings (SSSR count). The molecule has 0 saturated carbocycles. The molecule has 0 aliphatic carbocycles. The summed E-state index contributed by atoms with van der Waals surface area (Å²) in [4.78, 5) is 0.00998. The smallest absolute Gasteiger partial charge is 0.261 e. The molecule has 0 bridgehead atoms. The molecule has 0 unspecified atom stereocenters. The number of benzene rings is 2. The van der Waals surface area contributed by atoms with Gasteiger partial charge in [0.15, 0.2) is 0 Å². The first-order valence-corrected chi connectivity index (χ1v) is 7.71. The molecule has 2 aromatic rings. The number of anilines is 1. The molecule has 0 aliphatic rings. The Morgan fingerprint density at radius 2 is 1.75 bits per heavy atom. The second-order valence-electron chi connectivity index (χ2n) is 4.48. The summed E-state index contributed by atoms with van der Waals surface area (Å²) in [5.41, 5.74) is 1.42. The zero-order chi connectivity index (χ0) is 14.9. The first-order valence-electron chi connectivity index (χ1n) is 5.85. The summed E-state index contributed by atoms with van der Waals surface area (Å²) in [6, 6.07) is 8.58. The van der Waals surface area contributed by atoms with Gasteiger partial charge in [-0.05, 0) is 55.3 Å². The Morgan fingerprint density at radius 3 is 2.40 bits per heavy atom. The minimum absolute atomic E-state index is 0.00998. The summed E-state index contributed by atoms with van der Waals surface area (Å²) in [5.74, 6) is -0.442. The van der Waals surface area contributed by atoms with E-state index in [-0.39, 0.29) is 10.5 Å². The van der Waals surface area contributed by atoms with Crippen molar-refractivity contribution in [2.24, 2.45) is 0 Å². The number of aryl methyl sites for hydroxylation is 2. The predicted octanol–water partition coefficient (Wildman–Crippen LogP) is 3.90. The summed E-state index contributed by atoms with van der Waals surface area (Å²) >= 11 is 5.85. The van der Waals surface area contributed by atoms with Crippen LogP contribution in [0.5, 0.6) is 0 Å². The lowest BCUT2D eigenvalue weighted by molar-refractivity contribution is 0.598. The van der Waals surface area contributed by atoms with Crippen LogP contribution >= 0.6 is 11.6 Å². The molecule has 0 heterocycles. The molecule has 0 aromatic heterocycles. The highest BCUT2D eigenvalue weighted by Gasteiger charge is 2.16. The number of hydrogen-bond donors (Lipinski definition) is 1. The summed E-state index contributed by atoms with van der Waals surface area (Å²) in [6.45, 7) is 3.28. The molecule has 3 nitrogen and oxygen atoms in total. The molecule has 2 aromatic carbocycles. The molecule has 20 heavy (non-hydrogen) atoms. The van der Waals surface area contributed by atoms with E-state index < -0.39 is 15.8 Å². The largest absolute Gasteiger partial charge is 0.279 e. The van der Waals surface area contributed by atoms with Gasteiger partial charge in [0.2, 0.25) is 0 Å². The highest BCUT2D eigenvalue weighted by molar-refractivity contribution is 7.92. The average Bonchev–Trinajstić information content (AvgIpc) is 2.36. The van der Waals surface area contributed by atoms with Crippen LogP contribution in [0.3, 0.4) is 0 Å². The van der Waals surface area contributed by atoms with Gasteiger partial charge in [-0.1, -0.05) is 17.7 Å². The number of rotatable bonds is 3. The SMILES string of the molecule is Cc1cc(S(=O)(=O)Nc2cc(Cl)ccc2C)ccc1F. The molecule has 0 spiro atoms. The van der Waals surface area contributed by atoms with E-state index in [0.717, 1.165) is 11.6 Å². The van der Waals surface area contributed by atoms with Crippen LogP contribution in [0.4, 0.5) is 10.1 Å². The van der Waals surface area contributed by atoms with E-state index in [1.807, 2.05) is 0 Å². The molecule has 0 radical (unpaired) electrons. The van der Waals surface area contributed by atoms with E-state index in [2.05, 4.69) is 4.72 Å². The Kier molecular flexibility index (Phi) is 4.01. The van der Waals surface area contributed by atoms with Gasteiger partial charge in [-0.2, -0.15) is 0 Å². The van der Waals surface area contributed by atoms with Gasteiger partial charge in [0.1, 0.15) is 5.82 Å². The van der Waals surface area contributed by atoms with Crippen molar-refractivity contribution in [3.63, 3.8) is 0 Å². The van der Waals surface area contributed by atoms with Crippen molar-refractivity contribution in [2.75, 3.05) is 4.72 Å². The second-order valence-corrected chi connectivity index (χ2v) is 6.59. The highest BCUT2D eigenvalue weighted by atomic mass is 35.5. The minimum atomic E-state index is -3.77. The lowest BCUT2D eigenvalue weighted by Gasteiger charge is -2.11. The molecule has 106 valence electrons. The monoisotopic (exact) mass is 313 g/mol. The van der Waals surface area contributed by atoms with E-state index >= 15 is 0 Å². The topological polar surface area (TPSA) is 46.2 Å². The fraction of sp³-hybridized carbons (Fsp3) is 0.143. The third-order valence-corrected chi connectivity index (χ3v) is 4.48. The molecule has 0 amide bonds. The third-order valence-electron chi connectivity index (χ3n) is 2.88. The summed E-state index contributed by atoms with van der Waals surface area (Å²) in [5, 5.41) is 0.434. The fourth-order valence-corrected chi connectivity index (χ4v) is 3.07. The van der Waals surface area contributed by atoms with Crippen LogP contribution < -0.4 is 4.72 Å². The van der Waals surface area contributed by atoms with Crippen LogP contribution in [-0.2, 0) is 10.0 Å². The second kappa shape index (κ2) is 5.42. The van der Waals surface area contributed by atoms with Crippen molar-refractivity contribution in [3.8, 4) is 0 Å². The third kappa shape index (κ3) is 3.11. The molecular formula is C14H13ClFNO2S. The maximum Gasteiger partial charge on any atom is 0.261 e. The van der Waals surface area contributed by atoms with E-state index in [0.29, 0.717) is 10.7 Å². The predicted molar refractivity (Wildman–Crippen MR) is 78.1 cm³/mol. The van der Waals surface area contributed by atoms with Crippen LogP contribution in [0.1, 0.15) is 11.1 Å². The Balaban J connectivity index is 2.40. The first-order chi connectivity index (χ1) is 9.29. The van der Waals surface area contributed by atoms with Gasteiger partial charge in [-0.15, -0.1) is 0 Å². The van der Waals surface area contributed by atoms with Gasteiger partial charge in [-0.25, -0.2) is 12.8 Å². The molecule has 0 fully saturated rings. The van der Waals surface area contributed by atoms with E-state index in [4.69, 9.17) is 11.6 Å². The zero-order valence-corrected chi connectivity index (χ0v) is 12.5. The molecule has 0 atom stereocenters.